The predicted octanol–water partition coefficient (Wildman–Crippen LogP) is 2.01. The lowest BCUT2D eigenvalue weighted by molar-refractivity contribution is -0.150. The van der Waals surface area contributed by atoms with Gasteiger partial charge in [-0.05, 0) is 46.8 Å². The molecular weight excluding hydrogens is 244 g/mol. The van der Waals surface area contributed by atoms with Crippen LogP contribution in [-0.2, 0) is 4.79 Å². The molecule has 5 nitrogen and oxygen atoms in total. The second kappa shape index (κ2) is 4.99. The molecule has 0 aromatic carbocycles. The molecule has 1 heterocycles. The Labute approximate surface area is 113 Å². The van der Waals surface area contributed by atoms with Crippen molar-refractivity contribution in [1.29, 1.82) is 0 Å². The molecule has 5 heteroatoms. The monoisotopic (exact) mass is 264 g/mol. The maximum atomic E-state index is 12.2. The highest BCUT2D eigenvalue weighted by atomic mass is 16.4. The number of carboxylic acid groups (broad SMARTS) is 1. The number of aryl methyl sites for hydroxylation is 1. The van der Waals surface area contributed by atoms with E-state index in [-0.39, 0.29) is 5.91 Å². The molecule has 0 aliphatic carbocycles. The number of nitrogens with zero attached hydrogens (tertiary/aromatic N) is 1. The molecule has 2 N–H and O–H groups in total. The van der Waals surface area contributed by atoms with Crippen molar-refractivity contribution in [1.82, 2.24) is 10.3 Å². The summed E-state index contributed by atoms with van der Waals surface area (Å²) in [5.74, 6) is -1.27. The normalized spacial score (nSPS) is 12.1. The van der Waals surface area contributed by atoms with Crippen LogP contribution in [0, 0.1) is 12.3 Å². The number of pyridine rings is 1. The second-order valence-corrected chi connectivity index (χ2v) is 5.65. The molecule has 0 bridgehead atoms. The Morgan fingerprint density at radius 1 is 1.26 bits per heavy atom. The molecule has 0 saturated carbocycles. The van der Waals surface area contributed by atoms with Crippen LogP contribution in [0.2, 0.25) is 0 Å². The number of aromatic nitrogens is 1. The van der Waals surface area contributed by atoms with Gasteiger partial charge >= 0.3 is 5.97 Å². The van der Waals surface area contributed by atoms with Gasteiger partial charge in [0.15, 0.2) is 0 Å². The number of carboxylic acids is 1. The molecule has 0 fully saturated rings. The summed E-state index contributed by atoms with van der Waals surface area (Å²) >= 11 is 0. The summed E-state index contributed by atoms with van der Waals surface area (Å²) in [5.41, 5.74) is -0.905. The first-order valence-electron chi connectivity index (χ1n) is 6.07. The minimum atomic E-state index is -1.08. The van der Waals surface area contributed by atoms with E-state index in [4.69, 9.17) is 0 Å². The number of carbonyl (C=O) groups excluding carboxylic acids is 1. The standard InChI is InChI=1S/C14H20N2O3/c1-9-10(7-6-8-15-9)11(17)16-14(4,5)13(2,3)12(18)19/h6-8H,1-5H3,(H,16,17)(H,18,19). The molecule has 0 radical (unpaired) electrons. The fraction of sp³-hybridized carbons (Fsp3) is 0.500. The molecule has 1 rings (SSSR count). The number of hydrogen-bond donors (Lipinski definition) is 2. The van der Waals surface area contributed by atoms with E-state index in [1.807, 2.05) is 0 Å². The highest BCUT2D eigenvalue weighted by Crippen LogP contribution is 2.31. The van der Waals surface area contributed by atoms with Gasteiger partial charge in [0.05, 0.1) is 16.5 Å². The van der Waals surface area contributed by atoms with Gasteiger partial charge in [-0.1, -0.05) is 0 Å². The van der Waals surface area contributed by atoms with E-state index in [1.54, 1.807) is 52.9 Å². The van der Waals surface area contributed by atoms with E-state index in [1.165, 1.54) is 0 Å². The van der Waals surface area contributed by atoms with Crippen LogP contribution in [0.5, 0.6) is 0 Å². The van der Waals surface area contributed by atoms with Crippen molar-refractivity contribution < 1.29 is 14.7 Å². The molecule has 0 unspecified atom stereocenters. The molecule has 0 aliphatic rings. The van der Waals surface area contributed by atoms with Gasteiger partial charge < -0.3 is 10.4 Å². The van der Waals surface area contributed by atoms with E-state index in [0.29, 0.717) is 11.3 Å². The van der Waals surface area contributed by atoms with Gasteiger partial charge in [-0.2, -0.15) is 0 Å². The highest BCUT2D eigenvalue weighted by Gasteiger charge is 2.44. The Hall–Kier alpha value is -1.91. The van der Waals surface area contributed by atoms with Crippen molar-refractivity contribution in [3.8, 4) is 0 Å². The van der Waals surface area contributed by atoms with Crippen molar-refractivity contribution >= 4 is 11.9 Å². The van der Waals surface area contributed by atoms with E-state index >= 15 is 0 Å². The van der Waals surface area contributed by atoms with Crippen molar-refractivity contribution in [3.63, 3.8) is 0 Å². The van der Waals surface area contributed by atoms with Crippen LogP contribution < -0.4 is 5.32 Å². The van der Waals surface area contributed by atoms with Crippen molar-refractivity contribution in [2.24, 2.45) is 5.41 Å². The van der Waals surface area contributed by atoms with Crippen LogP contribution in [0.15, 0.2) is 18.3 Å². The lowest BCUT2D eigenvalue weighted by Gasteiger charge is -2.38. The fourth-order valence-corrected chi connectivity index (χ4v) is 1.50. The number of amides is 1. The Kier molecular flexibility index (Phi) is 3.98. The van der Waals surface area contributed by atoms with Crippen LogP contribution >= 0.6 is 0 Å². The number of rotatable bonds is 4. The van der Waals surface area contributed by atoms with Crippen molar-refractivity contribution in [2.75, 3.05) is 0 Å². The van der Waals surface area contributed by atoms with Gasteiger partial charge in [-0.15, -0.1) is 0 Å². The zero-order chi connectivity index (χ0) is 14.8. The summed E-state index contributed by atoms with van der Waals surface area (Å²) in [6.45, 7) is 8.32. The van der Waals surface area contributed by atoms with Gasteiger partial charge in [0, 0.05) is 11.9 Å². The smallest absolute Gasteiger partial charge is 0.311 e. The van der Waals surface area contributed by atoms with Crippen molar-refractivity contribution in [2.45, 2.75) is 40.2 Å². The Balaban J connectivity index is 3.00. The van der Waals surface area contributed by atoms with Crippen LogP contribution in [0.3, 0.4) is 0 Å². The van der Waals surface area contributed by atoms with Gasteiger partial charge in [0.2, 0.25) is 0 Å². The number of nitrogens with one attached hydrogen (secondary N) is 1. The van der Waals surface area contributed by atoms with E-state index in [9.17, 15) is 14.7 Å². The lowest BCUT2D eigenvalue weighted by Crippen LogP contribution is -2.57. The third kappa shape index (κ3) is 2.92. The molecule has 0 aliphatic heterocycles. The largest absolute Gasteiger partial charge is 0.481 e. The molecule has 19 heavy (non-hydrogen) atoms. The molecule has 0 saturated heterocycles. The van der Waals surface area contributed by atoms with Gasteiger partial charge in [0.25, 0.3) is 5.91 Å². The average Bonchev–Trinajstić information content (AvgIpc) is 2.28. The van der Waals surface area contributed by atoms with Gasteiger partial charge in [-0.3, -0.25) is 14.6 Å². The molecule has 1 amide bonds. The van der Waals surface area contributed by atoms with E-state index in [0.717, 1.165) is 0 Å². The Morgan fingerprint density at radius 3 is 2.32 bits per heavy atom. The molecular formula is C14H20N2O3. The number of aliphatic carboxylic acids is 1. The predicted molar refractivity (Wildman–Crippen MR) is 71.9 cm³/mol. The van der Waals surface area contributed by atoms with E-state index in [2.05, 4.69) is 10.3 Å². The minimum Gasteiger partial charge on any atom is -0.481 e. The summed E-state index contributed by atoms with van der Waals surface area (Å²) in [7, 11) is 0. The van der Waals surface area contributed by atoms with Crippen LogP contribution in [-0.4, -0.2) is 27.5 Å². The maximum absolute atomic E-state index is 12.2. The maximum Gasteiger partial charge on any atom is 0.311 e. The summed E-state index contributed by atoms with van der Waals surface area (Å²) in [6, 6.07) is 3.35. The SMILES string of the molecule is Cc1ncccc1C(=O)NC(C)(C)C(C)(C)C(=O)O. The van der Waals surface area contributed by atoms with Gasteiger partial charge in [-0.25, -0.2) is 0 Å². The topological polar surface area (TPSA) is 79.3 Å². The molecule has 104 valence electrons. The van der Waals surface area contributed by atoms with Crippen LogP contribution in [0.1, 0.15) is 43.7 Å². The lowest BCUT2D eigenvalue weighted by atomic mass is 9.74. The van der Waals surface area contributed by atoms with Crippen LogP contribution in [0.25, 0.3) is 0 Å². The first kappa shape index (κ1) is 15.1. The molecule has 0 atom stereocenters. The minimum absolute atomic E-state index is 0.315. The second-order valence-electron chi connectivity index (χ2n) is 5.65. The first-order valence-corrected chi connectivity index (χ1v) is 6.07. The molecule has 1 aromatic heterocycles. The van der Waals surface area contributed by atoms with Crippen molar-refractivity contribution in [3.05, 3.63) is 29.6 Å². The zero-order valence-electron chi connectivity index (χ0n) is 11.9. The van der Waals surface area contributed by atoms with E-state index < -0.39 is 16.9 Å². The summed E-state index contributed by atoms with van der Waals surface area (Å²) in [5, 5.41) is 12.0. The molecule has 0 spiro atoms. The fourth-order valence-electron chi connectivity index (χ4n) is 1.50. The third-order valence-corrected chi connectivity index (χ3v) is 3.77. The highest BCUT2D eigenvalue weighted by molar-refractivity contribution is 5.96. The third-order valence-electron chi connectivity index (χ3n) is 3.77. The summed E-state index contributed by atoms with van der Waals surface area (Å²) in [6.07, 6.45) is 1.61. The first-order chi connectivity index (χ1) is 8.59. The Morgan fingerprint density at radius 2 is 1.84 bits per heavy atom. The van der Waals surface area contributed by atoms with Gasteiger partial charge in [0.1, 0.15) is 0 Å². The molecule has 1 aromatic rings. The summed E-state index contributed by atoms with van der Waals surface area (Å²) < 4.78 is 0. The zero-order valence-corrected chi connectivity index (χ0v) is 11.9. The average molecular weight is 264 g/mol. The van der Waals surface area contributed by atoms with Crippen LogP contribution in [0.4, 0.5) is 0 Å². The Bertz CT molecular complexity index is 507. The number of carbonyl (C=O) groups is 2. The summed E-state index contributed by atoms with van der Waals surface area (Å²) in [4.78, 5) is 27.5. The number of hydrogen-bond acceptors (Lipinski definition) is 3. The quantitative estimate of drug-likeness (QED) is 0.871.